The maximum absolute atomic E-state index is 12.9. The summed E-state index contributed by atoms with van der Waals surface area (Å²) < 4.78 is 44.7. The molecular weight excluding hydrogens is 379 g/mol. The number of nitriles is 1. The second-order valence-electron chi connectivity index (χ2n) is 4.44. The summed E-state index contributed by atoms with van der Waals surface area (Å²) in [5, 5.41) is 9.02. The third-order valence-corrected chi connectivity index (χ3v) is 3.75. The van der Waals surface area contributed by atoms with Crippen molar-refractivity contribution >= 4 is 27.6 Å². The highest BCUT2D eigenvalue weighted by Gasteiger charge is 2.32. The Morgan fingerprint density at radius 2 is 2.09 bits per heavy atom. The third-order valence-electron chi connectivity index (χ3n) is 3.08. The number of nitrogen functional groups attached to an aromatic ring is 1. The predicted molar refractivity (Wildman–Crippen MR) is 78.9 cm³/mol. The summed E-state index contributed by atoms with van der Waals surface area (Å²) in [5.74, 6) is -0.867. The highest BCUT2D eigenvalue weighted by Crippen LogP contribution is 2.35. The monoisotopic (exact) mass is 387 g/mol. The van der Waals surface area contributed by atoms with Gasteiger partial charge in [-0.15, -0.1) is 0 Å². The maximum atomic E-state index is 12.9. The van der Waals surface area contributed by atoms with Crippen LogP contribution < -0.4 is 5.73 Å². The number of anilines is 1. The summed E-state index contributed by atoms with van der Waals surface area (Å²) in [5.41, 5.74) is 4.39. The zero-order chi connectivity index (χ0) is 17.4. The van der Waals surface area contributed by atoms with E-state index in [1.54, 1.807) is 6.07 Å². The van der Waals surface area contributed by atoms with Crippen LogP contribution in [0.15, 0.2) is 28.9 Å². The molecule has 2 N–H and O–H groups in total. The van der Waals surface area contributed by atoms with E-state index in [0.29, 0.717) is 0 Å². The number of carbonyl (C=O) groups excluding carboxylic acids is 1. The van der Waals surface area contributed by atoms with Crippen LogP contribution in [-0.4, -0.2) is 17.6 Å². The molecule has 0 aliphatic carbocycles. The number of methoxy groups -OCH3 is 1. The molecule has 0 atom stereocenters. The first kappa shape index (κ1) is 16.9. The van der Waals surface area contributed by atoms with Crippen molar-refractivity contribution in [2.24, 2.45) is 0 Å². The SMILES string of the molecule is COC(=O)c1c(N)c(C#N)cn1-c1cc(C(F)(F)F)ccc1Br. The molecule has 1 heterocycles. The van der Waals surface area contributed by atoms with Crippen molar-refractivity contribution in [2.45, 2.75) is 6.18 Å². The van der Waals surface area contributed by atoms with Crippen LogP contribution in [0.4, 0.5) is 18.9 Å². The Hall–Kier alpha value is -2.47. The van der Waals surface area contributed by atoms with Gasteiger partial charge >= 0.3 is 12.1 Å². The van der Waals surface area contributed by atoms with Crippen molar-refractivity contribution in [3.8, 4) is 11.8 Å². The van der Waals surface area contributed by atoms with Crippen molar-refractivity contribution in [1.29, 1.82) is 5.26 Å². The molecule has 5 nitrogen and oxygen atoms in total. The minimum Gasteiger partial charge on any atom is -0.464 e. The number of aromatic nitrogens is 1. The van der Waals surface area contributed by atoms with Gasteiger partial charge in [-0.3, -0.25) is 0 Å². The molecule has 0 saturated carbocycles. The largest absolute Gasteiger partial charge is 0.464 e. The van der Waals surface area contributed by atoms with Crippen molar-refractivity contribution in [3.05, 3.63) is 45.7 Å². The summed E-state index contributed by atoms with van der Waals surface area (Å²) in [7, 11) is 1.10. The lowest BCUT2D eigenvalue weighted by Gasteiger charge is -2.13. The van der Waals surface area contributed by atoms with Gasteiger partial charge in [-0.2, -0.15) is 18.4 Å². The molecular formula is C14H9BrF3N3O2. The summed E-state index contributed by atoms with van der Waals surface area (Å²) >= 11 is 3.13. The van der Waals surface area contributed by atoms with Crippen LogP contribution in [-0.2, 0) is 10.9 Å². The fraction of sp³-hybridized carbons (Fsp3) is 0.143. The summed E-state index contributed by atoms with van der Waals surface area (Å²) in [6.07, 6.45) is -3.38. The van der Waals surface area contributed by atoms with E-state index < -0.39 is 17.7 Å². The molecule has 0 radical (unpaired) electrons. The van der Waals surface area contributed by atoms with E-state index in [-0.39, 0.29) is 27.1 Å². The molecule has 2 rings (SSSR count). The molecule has 0 amide bonds. The Labute approximate surface area is 137 Å². The molecule has 120 valence electrons. The summed E-state index contributed by atoms with van der Waals surface area (Å²) in [6.45, 7) is 0. The first-order valence-corrected chi connectivity index (χ1v) is 6.86. The van der Waals surface area contributed by atoms with Gasteiger partial charge in [0.15, 0.2) is 5.69 Å². The molecule has 0 unspecified atom stereocenters. The smallest absolute Gasteiger partial charge is 0.416 e. The predicted octanol–water partition coefficient (Wildman–Crippen LogP) is 3.50. The molecule has 23 heavy (non-hydrogen) atoms. The van der Waals surface area contributed by atoms with Crippen LogP contribution in [0.3, 0.4) is 0 Å². The van der Waals surface area contributed by atoms with Crippen LogP contribution in [0.2, 0.25) is 0 Å². The number of halogens is 4. The van der Waals surface area contributed by atoms with E-state index in [0.717, 1.165) is 23.8 Å². The zero-order valence-corrected chi connectivity index (χ0v) is 13.2. The molecule has 0 bridgehead atoms. The van der Waals surface area contributed by atoms with Gasteiger partial charge in [0.2, 0.25) is 0 Å². The Bertz CT molecular complexity index is 822. The van der Waals surface area contributed by atoms with Gasteiger partial charge in [0, 0.05) is 10.7 Å². The highest BCUT2D eigenvalue weighted by atomic mass is 79.9. The van der Waals surface area contributed by atoms with Gasteiger partial charge < -0.3 is 15.0 Å². The number of benzene rings is 1. The van der Waals surface area contributed by atoms with Crippen molar-refractivity contribution in [3.63, 3.8) is 0 Å². The summed E-state index contributed by atoms with van der Waals surface area (Å²) in [4.78, 5) is 11.9. The molecule has 1 aromatic carbocycles. The number of carbonyl (C=O) groups is 1. The van der Waals surface area contributed by atoms with Crippen LogP contribution in [0.25, 0.3) is 5.69 Å². The maximum Gasteiger partial charge on any atom is 0.416 e. The van der Waals surface area contributed by atoms with Gasteiger partial charge in [-0.05, 0) is 34.1 Å². The van der Waals surface area contributed by atoms with E-state index in [2.05, 4.69) is 20.7 Å². The van der Waals surface area contributed by atoms with Gasteiger partial charge in [0.25, 0.3) is 0 Å². The fourth-order valence-corrected chi connectivity index (χ4v) is 2.42. The summed E-state index contributed by atoms with van der Waals surface area (Å²) in [6, 6.07) is 4.71. The quantitative estimate of drug-likeness (QED) is 0.799. The van der Waals surface area contributed by atoms with E-state index in [1.165, 1.54) is 12.3 Å². The first-order valence-electron chi connectivity index (χ1n) is 6.07. The van der Waals surface area contributed by atoms with E-state index in [9.17, 15) is 18.0 Å². The van der Waals surface area contributed by atoms with Crippen LogP contribution in [0.1, 0.15) is 21.6 Å². The van der Waals surface area contributed by atoms with Crippen molar-refractivity contribution < 1.29 is 22.7 Å². The van der Waals surface area contributed by atoms with E-state index in [4.69, 9.17) is 11.0 Å². The lowest BCUT2D eigenvalue weighted by molar-refractivity contribution is -0.137. The minimum absolute atomic E-state index is 0.00780. The van der Waals surface area contributed by atoms with Crippen molar-refractivity contribution in [1.82, 2.24) is 4.57 Å². The van der Waals surface area contributed by atoms with E-state index in [1.807, 2.05) is 0 Å². The van der Waals surface area contributed by atoms with Gasteiger partial charge in [0.1, 0.15) is 6.07 Å². The zero-order valence-electron chi connectivity index (χ0n) is 11.6. The topological polar surface area (TPSA) is 81.0 Å². The number of ether oxygens (including phenoxy) is 1. The number of alkyl halides is 3. The molecule has 1 aromatic heterocycles. The van der Waals surface area contributed by atoms with Crippen molar-refractivity contribution in [2.75, 3.05) is 12.8 Å². The van der Waals surface area contributed by atoms with E-state index >= 15 is 0 Å². The highest BCUT2D eigenvalue weighted by molar-refractivity contribution is 9.10. The van der Waals surface area contributed by atoms with Crippen LogP contribution in [0, 0.1) is 11.3 Å². The number of nitrogens with two attached hydrogens (primary N) is 1. The second-order valence-corrected chi connectivity index (χ2v) is 5.30. The van der Waals surface area contributed by atoms with Gasteiger partial charge in [-0.25, -0.2) is 4.79 Å². The number of nitrogens with zero attached hydrogens (tertiary/aromatic N) is 2. The molecule has 0 saturated heterocycles. The second kappa shape index (κ2) is 5.96. The standard InChI is InChI=1S/C14H9BrF3N3O2/c1-23-13(22)12-11(20)7(5-19)6-21(12)10-4-8(14(16,17)18)2-3-9(10)15/h2-4,6H,20H2,1H3. The molecule has 2 aromatic rings. The third kappa shape index (κ3) is 3.03. The first-order chi connectivity index (χ1) is 10.7. The normalized spacial score (nSPS) is 11.1. The number of hydrogen-bond acceptors (Lipinski definition) is 4. The Kier molecular flexibility index (Phi) is 4.38. The lowest BCUT2D eigenvalue weighted by atomic mass is 10.2. The average molecular weight is 388 g/mol. The molecule has 0 spiro atoms. The minimum atomic E-state index is -4.56. The number of rotatable bonds is 2. The van der Waals surface area contributed by atoms with Gasteiger partial charge in [0.05, 0.1) is 29.6 Å². The molecule has 0 fully saturated rings. The Morgan fingerprint density at radius 1 is 1.43 bits per heavy atom. The molecule has 9 heteroatoms. The average Bonchev–Trinajstić information content (AvgIpc) is 2.82. The Balaban J connectivity index is 2.77. The fourth-order valence-electron chi connectivity index (χ4n) is 1.98. The van der Waals surface area contributed by atoms with Crippen LogP contribution >= 0.6 is 15.9 Å². The Morgan fingerprint density at radius 3 is 2.61 bits per heavy atom. The number of hydrogen-bond donors (Lipinski definition) is 1. The number of esters is 1. The molecule has 0 aliphatic heterocycles. The lowest BCUT2D eigenvalue weighted by Crippen LogP contribution is -2.12. The van der Waals surface area contributed by atoms with Gasteiger partial charge in [-0.1, -0.05) is 0 Å². The van der Waals surface area contributed by atoms with Crippen LogP contribution in [0.5, 0.6) is 0 Å². The molecule has 0 aliphatic rings.